The van der Waals surface area contributed by atoms with Crippen molar-refractivity contribution in [1.82, 2.24) is 15.2 Å². The van der Waals surface area contributed by atoms with Crippen LogP contribution in [0.1, 0.15) is 27.0 Å². The SMILES string of the molecule is COc1cc2c(CN3CCc4c(cccc4C(=O)NCCO)C3)ccnc2cc1O. The fraction of sp³-hybridized carbons (Fsp3) is 0.304. The standard InChI is InChI=1S/C23H25N3O4/c1-30-22-11-19-16(5-7-24-20(19)12-21(22)28)14-26-9-6-17-15(13-26)3-2-4-18(17)23(29)25-8-10-27/h2-5,7,11-12,27-28H,6,8-10,13-14H2,1H3,(H,25,29). The third-order valence-electron chi connectivity index (χ3n) is 5.51. The summed E-state index contributed by atoms with van der Waals surface area (Å²) in [5.74, 6) is 0.370. The van der Waals surface area contributed by atoms with Crippen LogP contribution >= 0.6 is 0 Å². The van der Waals surface area contributed by atoms with Crippen LogP contribution in [-0.2, 0) is 19.5 Å². The van der Waals surface area contributed by atoms with Crippen molar-refractivity contribution in [2.45, 2.75) is 19.5 Å². The first-order chi connectivity index (χ1) is 14.6. The van der Waals surface area contributed by atoms with Gasteiger partial charge in [-0.15, -0.1) is 0 Å². The molecule has 3 N–H and O–H groups in total. The van der Waals surface area contributed by atoms with Gasteiger partial charge in [0.05, 0.1) is 19.2 Å². The Bertz CT molecular complexity index is 1080. The number of nitrogens with zero attached hydrogens (tertiary/aromatic N) is 2. The molecule has 1 amide bonds. The number of hydrogen-bond acceptors (Lipinski definition) is 6. The Morgan fingerprint density at radius 2 is 2.17 bits per heavy atom. The average Bonchev–Trinajstić information content (AvgIpc) is 2.76. The number of fused-ring (bicyclic) bond motifs is 2. The van der Waals surface area contributed by atoms with Crippen LogP contribution in [0.25, 0.3) is 10.9 Å². The molecule has 156 valence electrons. The van der Waals surface area contributed by atoms with Crippen molar-refractivity contribution in [3.63, 3.8) is 0 Å². The molecule has 2 aromatic carbocycles. The van der Waals surface area contributed by atoms with Crippen molar-refractivity contribution in [3.05, 3.63) is 64.8 Å². The highest BCUT2D eigenvalue weighted by molar-refractivity contribution is 5.96. The highest BCUT2D eigenvalue weighted by Gasteiger charge is 2.22. The lowest BCUT2D eigenvalue weighted by molar-refractivity contribution is 0.0942. The molecule has 30 heavy (non-hydrogen) atoms. The molecule has 7 heteroatoms. The summed E-state index contributed by atoms with van der Waals surface area (Å²) in [6, 6.07) is 11.3. The predicted molar refractivity (Wildman–Crippen MR) is 114 cm³/mol. The van der Waals surface area contributed by atoms with Crippen LogP contribution in [0, 0.1) is 0 Å². The van der Waals surface area contributed by atoms with Crippen LogP contribution in [0.2, 0.25) is 0 Å². The molecule has 1 aliphatic heterocycles. The Morgan fingerprint density at radius 3 is 2.97 bits per heavy atom. The van der Waals surface area contributed by atoms with E-state index in [0.717, 1.165) is 53.6 Å². The van der Waals surface area contributed by atoms with Gasteiger partial charge in [0.2, 0.25) is 0 Å². The zero-order chi connectivity index (χ0) is 21.1. The van der Waals surface area contributed by atoms with Gasteiger partial charge in [0, 0.05) is 49.4 Å². The second kappa shape index (κ2) is 8.69. The van der Waals surface area contributed by atoms with Crippen molar-refractivity contribution < 1.29 is 19.7 Å². The van der Waals surface area contributed by atoms with E-state index in [2.05, 4.69) is 21.3 Å². The Morgan fingerprint density at radius 1 is 1.30 bits per heavy atom. The second-order valence-electron chi connectivity index (χ2n) is 7.39. The number of rotatable bonds is 6. The van der Waals surface area contributed by atoms with Gasteiger partial charge in [-0.25, -0.2) is 0 Å². The molecule has 0 atom stereocenters. The quantitative estimate of drug-likeness (QED) is 0.580. The molecule has 0 spiro atoms. The summed E-state index contributed by atoms with van der Waals surface area (Å²) in [7, 11) is 1.53. The summed E-state index contributed by atoms with van der Waals surface area (Å²) in [4.78, 5) is 19.1. The second-order valence-corrected chi connectivity index (χ2v) is 7.39. The van der Waals surface area contributed by atoms with Gasteiger partial charge in [0.1, 0.15) is 0 Å². The third-order valence-corrected chi connectivity index (χ3v) is 5.51. The van der Waals surface area contributed by atoms with E-state index in [0.29, 0.717) is 11.3 Å². The normalized spacial score (nSPS) is 13.8. The zero-order valence-electron chi connectivity index (χ0n) is 16.9. The van der Waals surface area contributed by atoms with Crippen molar-refractivity contribution in [2.24, 2.45) is 0 Å². The molecule has 0 unspecified atom stereocenters. The molecule has 4 rings (SSSR count). The predicted octanol–water partition coefficient (Wildman–Crippen LogP) is 2.23. The molecule has 1 aromatic heterocycles. The fourth-order valence-corrected chi connectivity index (χ4v) is 4.04. The lowest BCUT2D eigenvalue weighted by Gasteiger charge is -2.30. The lowest BCUT2D eigenvalue weighted by Crippen LogP contribution is -2.33. The molecule has 0 saturated carbocycles. The average molecular weight is 407 g/mol. The fourth-order valence-electron chi connectivity index (χ4n) is 4.04. The number of carbonyl (C=O) groups excluding carboxylic acids is 1. The van der Waals surface area contributed by atoms with E-state index in [1.54, 1.807) is 12.3 Å². The van der Waals surface area contributed by atoms with Crippen LogP contribution < -0.4 is 10.1 Å². The number of aromatic nitrogens is 1. The zero-order valence-corrected chi connectivity index (χ0v) is 16.9. The number of phenolic OH excluding ortho intramolecular Hbond substituents is 1. The molecule has 0 fully saturated rings. The minimum atomic E-state index is -0.138. The maximum atomic E-state index is 12.4. The molecular weight excluding hydrogens is 382 g/mol. The molecule has 7 nitrogen and oxygen atoms in total. The van der Waals surface area contributed by atoms with Gasteiger partial charge >= 0.3 is 0 Å². The summed E-state index contributed by atoms with van der Waals surface area (Å²) in [5.41, 5.74) is 4.75. The van der Waals surface area contributed by atoms with Gasteiger partial charge in [-0.1, -0.05) is 12.1 Å². The number of aromatic hydroxyl groups is 1. The number of benzene rings is 2. The van der Waals surface area contributed by atoms with E-state index < -0.39 is 0 Å². The summed E-state index contributed by atoms with van der Waals surface area (Å²) >= 11 is 0. The Hall–Kier alpha value is -3.16. The third kappa shape index (κ3) is 3.94. The van der Waals surface area contributed by atoms with E-state index in [9.17, 15) is 9.90 Å². The van der Waals surface area contributed by atoms with Gasteiger partial charge in [-0.05, 0) is 41.3 Å². The number of nitrogens with one attached hydrogen (secondary N) is 1. The Kier molecular flexibility index (Phi) is 5.83. The van der Waals surface area contributed by atoms with Crippen LogP contribution in [0.15, 0.2) is 42.6 Å². The number of phenols is 1. The largest absolute Gasteiger partial charge is 0.504 e. The minimum Gasteiger partial charge on any atom is -0.504 e. The van der Waals surface area contributed by atoms with Gasteiger partial charge in [0.25, 0.3) is 5.91 Å². The molecule has 0 bridgehead atoms. The van der Waals surface area contributed by atoms with E-state index in [1.165, 1.54) is 7.11 Å². The first-order valence-corrected chi connectivity index (χ1v) is 9.97. The van der Waals surface area contributed by atoms with Crippen LogP contribution in [0.4, 0.5) is 0 Å². The maximum Gasteiger partial charge on any atom is 0.251 e. The molecule has 0 radical (unpaired) electrons. The Labute approximate surface area is 174 Å². The topological polar surface area (TPSA) is 94.9 Å². The van der Waals surface area contributed by atoms with Crippen molar-refractivity contribution in [1.29, 1.82) is 0 Å². The van der Waals surface area contributed by atoms with Gasteiger partial charge < -0.3 is 20.3 Å². The first-order valence-electron chi connectivity index (χ1n) is 9.97. The number of aliphatic hydroxyl groups is 1. The minimum absolute atomic E-state index is 0.0724. The number of carbonyl (C=O) groups is 1. The monoisotopic (exact) mass is 407 g/mol. The number of methoxy groups -OCH3 is 1. The van der Waals surface area contributed by atoms with Crippen molar-refractivity contribution in [3.8, 4) is 11.5 Å². The molecule has 0 saturated heterocycles. The van der Waals surface area contributed by atoms with Crippen LogP contribution in [0.3, 0.4) is 0 Å². The number of pyridine rings is 1. The summed E-state index contributed by atoms with van der Waals surface area (Å²) in [5, 5.41) is 22.7. The van der Waals surface area contributed by atoms with Gasteiger partial charge in [-0.3, -0.25) is 14.7 Å². The van der Waals surface area contributed by atoms with Crippen molar-refractivity contribution in [2.75, 3.05) is 26.8 Å². The van der Waals surface area contributed by atoms with Crippen LogP contribution in [-0.4, -0.2) is 52.8 Å². The summed E-state index contributed by atoms with van der Waals surface area (Å²) < 4.78 is 5.26. The summed E-state index contributed by atoms with van der Waals surface area (Å²) in [6.45, 7) is 2.49. The van der Waals surface area contributed by atoms with Gasteiger partial charge in [0.15, 0.2) is 11.5 Å². The molecular formula is C23H25N3O4. The van der Waals surface area contributed by atoms with Crippen molar-refractivity contribution >= 4 is 16.8 Å². The van der Waals surface area contributed by atoms with E-state index in [-0.39, 0.29) is 24.8 Å². The van der Waals surface area contributed by atoms with E-state index >= 15 is 0 Å². The molecule has 2 heterocycles. The van der Waals surface area contributed by atoms with E-state index in [1.807, 2.05) is 24.3 Å². The number of aliphatic hydroxyl groups excluding tert-OH is 1. The smallest absolute Gasteiger partial charge is 0.251 e. The number of ether oxygens (including phenoxy) is 1. The molecule has 1 aliphatic rings. The first kappa shape index (κ1) is 20.1. The van der Waals surface area contributed by atoms with Gasteiger partial charge in [-0.2, -0.15) is 0 Å². The number of hydrogen-bond donors (Lipinski definition) is 3. The Balaban J connectivity index is 1.57. The molecule has 0 aliphatic carbocycles. The highest BCUT2D eigenvalue weighted by atomic mass is 16.5. The molecule has 3 aromatic rings. The number of amides is 1. The highest BCUT2D eigenvalue weighted by Crippen LogP contribution is 2.33. The lowest BCUT2D eigenvalue weighted by atomic mass is 9.93. The maximum absolute atomic E-state index is 12.4. The van der Waals surface area contributed by atoms with Crippen LogP contribution in [0.5, 0.6) is 11.5 Å². The summed E-state index contributed by atoms with van der Waals surface area (Å²) in [6.07, 6.45) is 2.54. The van der Waals surface area contributed by atoms with E-state index in [4.69, 9.17) is 9.84 Å².